The van der Waals surface area contributed by atoms with Crippen LogP contribution in [0.5, 0.6) is 0 Å². The van der Waals surface area contributed by atoms with Gasteiger partial charge in [0.2, 0.25) is 0 Å². The van der Waals surface area contributed by atoms with Crippen LogP contribution >= 0.6 is 11.6 Å². The smallest absolute Gasteiger partial charge is 0.287 e. The van der Waals surface area contributed by atoms with E-state index < -0.39 is 0 Å². The normalized spacial score (nSPS) is 17.1. The largest absolute Gasteiger partial charge is 0.381 e. The molecule has 1 aliphatic heterocycles. The monoisotopic (exact) mass is 313 g/mol. The predicted molar refractivity (Wildman–Crippen MR) is 86.2 cm³/mol. The molecule has 6 nitrogen and oxygen atoms in total. The van der Waals surface area contributed by atoms with Crippen LogP contribution in [-0.2, 0) is 6.54 Å². The van der Waals surface area contributed by atoms with E-state index in [9.17, 15) is 4.79 Å². The molecule has 118 valence electrons. The summed E-state index contributed by atoms with van der Waals surface area (Å²) in [7, 11) is 2.15. The third-order valence-electron chi connectivity index (χ3n) is 3.76. The zero-order valence-electron chi connectivity index (χ0n) is 12.8. The molecule has 2 rings (SSSR count). The maximum Gasteiger partial charge on any atom is 0.287 e. The number of nitrogens with one attached hydrogen (secondary N) is 1. The Balaban J connectivity index is 1.86. The lowest BCUT2D eigenvalue weighted by Gasteiger charge is -2.32. The summed E-state index contributed by atoms with van der Waals surface area (Å²) in [6.45, 7) is 8.70. The first-order valence-corrected chi connectivity index (χ1v) is 7.90. The van der Waals surface area contributed by atoms with E-state index in [1.165, 1.54) is 4.68 Å². The minimum atomic E-state index is -0.219. The maximum absolute atomic E-state index is 12.0. The molecule has 0 atom stereocenters. The Hall–Kier alpha value is -1.11. The van der Waals surface area contributed by atoms with E-state index in [1.54, 1.807) is 6.20 Å². The van der Waals surface area contributed by atoms with Crippen molar-refractivity contribution >= 4 is 17.3 Å². The van der Waals surface area contributed by atoms with Gasteiger partial charge in [-0.05, 0) is 13.5 Å². The number of nitrogens with zero attached hydrogens (tertiary/aromatic N) is 4. The maximum atomic E-state index is 12.0. The second-order valence-corrected chi connectivity index (χ2v) is 5.85. The average Bonchev–Trinajstić information content (AvgIpc) is 2.48. The summed E-state index contributed by atoms with van der Waals surface area (Å²) in [5.74, 6) is 0. The van der Waals surface area contributed by atoms with Crippen LogP contribution in [0.4, 0.5) is 5.69 Å². The highest BCUT2D eigenvalue weighted by Crippen LogP contribution is 2.14. The van der Waals surface area contributed by atoms with E-state index in [4.69, 9.17) is 11.6 Å². The molecule has 0 spiro atoms. The molecule has 7 heteroatoms. The molecule has 1 aromatic rings. The lowest BCUT2D eigenvalue weighted by molar-refractivity contribution is 0.158. The van der Waals surface area contributed by atoms with Gasteiger partial charge in [-0.1, -0.05) is 18.5 Å². The molecule has 21 heavy (non-hydrogen) atoms. The van der Waals surface area contributed by atoms with Gasteiger partial charge in [-0.25, -0.2) is 4.68 Å². The summed E-state index contributed by atoms with van der Waals surface area (Å²) in [6, 6.07) is 0. The number of aromatic nitrogens is 2. The van der Waals surface area contributed by atoms with Crippen molar-refractivity contribution in [2.24, 2.45) is 0 Å². The van der Waals surface area contributed by atoms with Crippen LogP contribution in [-0.4, -0.2) is 65.9 Å². The number of halogens is 1. The fourth-order valence-electron chi connectivity index (χ4n) is 2.38. The number of hydrogen-bond acceptors (Lipinski definition) is 5. The molecule has 1 saturated heterocycles. The van der Waals surface area contributed by atoms with Crippen LogP contribution in [0.15, 0.2) is 11.0 Å². The van der Waals surface area contributed by atoms with Crippen LogP contribution in [0.25, 0.3) is 0 Å². The highest BCUT2D eigenvalue weighted by Gasteiger charge is 2.13. The number of anilines is 1. The molecule has 0 radical (unpaired) electrons. The minimum absolute atomic E-state index is 0.219. The highest BCUT2D eigenvalue weighted by molar-refractivity contribution is 6.32. The zero-order valence-corrected chi connectivity index (χ0v) is 13.6. The molecule has 1 N–H and O–H groups in total. The number of likely N-dealkylation sites (N-methyl/N-ethyl adjacent to an activating group) is 1. The van der Waals surface area contributed by atoms with Crippen molar-refractivity contribution in [3.05, 3.63) is 21.6 Å². The Morgan fingerprint density at radius 1 is 1.29 bits per heavy atom. The number of piperazine rings is 1. The molecule has 0 amide bonds. The van der Waals surface area contributed by atoms with Gasteiger partial charge in [0.15, 0.2) is 0 Å². The molecule has 1 aromatic heterocycles. The SMILES string of the molecule is CCCn1ncc(NCCN2CCN(C)CC2)c(Cl)c1=O. The lowest BCUT2D eigenvalue weighted by atomic mass is 10.3. The first-order valence-electron chi connectivity index (χ1n) is 7.52. The summed E-state index contributed by atoms with van der Waals surface area (Å²) >= 11 is 6.12. The summed E-state index contributed by atoms with van der Waals surface area (Å²) in [4.78, 5) is 16.7. The number of hydrogen-bond donors (Lipinski definition) is 1. The third kappa shape index (κ3) is 4.43. The van der Waals surface area contributed by atoms with Crippen molar-refractivity contribution in [3.8, 4) is 0 Å². The fraction of sp³-hybridized carbons (Fsp3) is 0.714. The zero-order chi connectivity index (χ0) is 15.2. The molecule has 0 bridgehead atoms. The highest BCUT2D eigenvalue weighted by atomic mass is 35.5. The fourth-order valence-corrected chi connectivity index (χ4v) is 2.59. The molecule has 0 unspecified atom stereocenters. The van der Waals surface area contributed by atoms with Gasteiger partial charge < -0.3 is 10.2 Å². The third-order valence-corrected chi connectivity index (χ3v) is 4.12. The predicted octanol–water partition coefficient (Wildman–Crippen LogP) is 0.966. The summed E-state index contributed by atoms with van der Waals surface area (Å²) < 4.78 is 1.41. The molecule has 0 saturated carbocycles. The van der Waals surface area contributed by atoms with E-state index in [1.807, 2.05) is 6.92 Å². The van der Waals surface area contributed by atoms with Gasteiger partial charge >= 0.3 is 0 Å². The molecular formula is C14H24ClN5O. The quantitative estimate of drug-likeness (QED) is 0.848. The second kappa shape index (κ2) is 7.77. The molecule has 0 aromatic carbocycles. The Kier molecular flexibility index (Phi) is 6.02. The molecule has 1 aliphatic rings. The van der Waals surface area contributed by atoms with Gasteiger partial charge in [0, 0.05) is 45.8 Å². The molecule has 0 aliphatic carbocycles. The van der Waals surface area contributed by atoms with E-state index in [0.29, 0.717) is 12.2 Å². The number of aryl methyl sites for hydroxylation is 1. The van der Waals surface area contributed by atoms with Crippen molar-refractivity contribution in [1.29, 1.82) is 0 Å². The van der Waals surface area contributed by atoms with Gasteiger partial charge in [-0.15, -0.1) is 0 Å². The van der Waals surface area contributed by atoms with Gasteiger partial charge in [-0.2, -0.15) is 5.10 Å². The van der Waals surface area contributed by atoms with E-state index >= 15 is 0 Å². The van der Waals surface area contributed by atoms with Crippen LogP contribution in [0, 0.1) is 0 Å². The number of rotatable bonds is 6. The summed E-state index contributed by atoms with van der Waals surface area (Å²) in [6.07, 6.45) is 2.50. The van der Waals surface area contributed by atoms with E-state index in [0.717, 1.165) is 45.7 Å². The Bertz CT molecular complexity index is 511. The Labute approximate surface area is 130 Å². The van der Waals surface area contributed by atoms with Crippen molar-refractivity contribution in [2.75, 3.05) is 51.6 Å². The average molecular weight is 314 g/mol. The van der Waals surface area contributed by atoms with Crippen molar-refractivity contribution in [1.82, 2.24) is 19.6 Å². The van der Waals surface area contributed by atoms with E-state index in [2.05, 4.69) is 27.3 Å². The minimum Gasteiger partial charge on any atom is -0.381 e. The van der Waals surface area contributed by atoms with Crippen LogP contribution < -0.4 is 10.9 Å². The molecular weight excluding hydrogens is 290 g/mol. The van der Waals surface area contributed by atoms with Gasteiger partial charge in [-0.3, -0.25) is 9.69 Å². The van der Waals surface area contributed by atoms with Crippen molar-refractivity contribution in [3.63, 3.8) is 0 Å². The van der Waals surface area contributed by atoms with Gasteiger partial charge in [0.1, 0.15) is 5.02 Å². The topological polar surface area (TPSA) is 53.4 Å². The first kappa shape index (κ1) is 16.3. The Morgan fingerprint density at radius 2 is 2.00 bits per heavy atom. The van der Waals surface area contributed by atoms with E-state index in [-0.39, 0.29) is 10.6 Å². The van der Waals surface area contributed by atoms with Crippen LogP contribution in [0.1, 0.15) is 13.3 Å². The van der Waals surface area contributed by atoms with Crippen molar-refractivity contribution < 1.29 is 0 Å². The second-order valence-electron chi connectivity index (χ2n) is 5.47. The standard InChI is InChI=1S/C14H24ClN5O/c1-3-5-20-14(21)13(15)12(11-17-20)16-4-6-19-9-7-18(2)8-10-19/h11,16H,3-10H2,1-2H3. The van der Waals surface area contributed by atoms with Gasteiger partial charge in [0.25, 0.3) is 5.56 Å². The summed E-state index contributed by atoms with van der Waals surface area (Å²) in [5, 5.41) is 7.59. The van der Waals surface area contributed by atoms with Crippen molar-refractivity contribution in [2.45, 2.75) is 19.9 Å². The molecule has 2 heterocycles. The summed E-state index contributed by atoms with van der Waals surface area (Å²) in [5.41, 5.74) is 0.409. The van der Waals surface area contributed by atoms with Gasteiger partial charge in [0.05, 0.1) is 11.9 Å². The van der Waals surface area contributed by atoms with Crippen LogP contribution in [0.3, 0.4) is 0 Å². The lowest BCUT2D eigenvalue weighted by Crippen LogP contribution is -2.45. The molecule has 1 fully saturated rings. The Morgan fingerprint density at radius 3 is 2.67 bits per heavy atom. The first-order chi connectivity index (χ1) is 10.1. The van der Waals surface area contributed by atoms with Crippen LogP contribution in [0.2, 0.25) is 5.02 Å².